The molecule has 1 heterocycles. The Morgan fingerprint density at radius 2 is 1.76 bits per heavy atom. The van der Waals surface area contributed by atoms with Crippen LogP contribution in [0.25, 0.3) is 11.0 Å². The molecule has 132 valence electrons. The van der Waals surface area contributed by atoms with Gasteiger partial charge in [-0.1, -0.05) is 23.7 Å². The Hall–Kier alpha value is -2.24. The molecule has 0 atom stereocenters. The van der Waals surface area contributed by atoms with Crippen LogP contribution in [-0.2, 0) is 13.0 Å². The van der Waals surface area contributed by atoms with E-state index in [1.54, 1.807) is 14.2 Å². The van der Waals surface area contributed by atoms with E-state index in [1.165, 1.54) is 0 Å². The topological polar surface area (TPSA) is 62.3 Å². The molecular formula is C19H22ClN3O2. The van der Waals surface area contributed by atoms with Gasteiger partial charge in [-0.2, -0.15) is 0 Å². The number of methoxy groups -OCH3 is 2. The largest absolute Gasteiger partial charge is 0.493 e. The molecule has 0 aliphatic carbocycles. The second-order valence-electron chi connectivity index (χ2n) is 5.83. The second kappa shape index (κ2) is 7.76. The van der Waals surface area contributed by atoms with Crippen LogP contribution in [0.5, 0.6) is 11.5 Å². The normalized spacial score (nSPS) is 11.0. The summed E-state index contributed by atoms with van der Waals surface area (Å²) in [6, 6.07) is 11.8. The summed E-state index contributed by atoms with van der Waals surface area (Å²) in [6.07, 6.45) is 1.71. The van der Waals surface area contributed by atoms with Crippen molar-refractivity contribution in [2.75, 3.05) is 20.8 Å². The zero-order chi connectivity index (χ0) is 17.8. The van der Waals surface area contributed by atoms with Crippen molar-refractivity contribution in [3.8, 4) is 11.5 Å². The number of hydrogen-bond acceptors (Lipinski definition) is 4. The third-order valence-electron chi connectivity index (χ3n) is 4.19. The first-order valence-corrected chi connectivity index (χ1v) is 8.59. The minimum absolute atomic E-state index is 0.636. The third kappa shape index (κ3) is 3.72. The van der Waals surface area contributed by atoms with Crippen molar-refractivity contribution in [3.05, 3.63) is 52.8 Å². The second-order valence-corrected chi connectivity index (χ2v) is 6.27. The van der Waals surface area contributed by atoms with Gasteiger partial charge in [0.15, 0.2) is 11.5 Å². The number of nitrogens with zero attached hydrogens (tertiary/aromatic N) is 2. The Bertz CT molecular complexity index is 859. The van der Waals surface area contributed by atoms with E-state index < -0.39 is 0 Å². The molecule has 0 aliphatic rings. The van der Waals surface area contributed by atoms with Crippen molar-refractivity contribution < 1.29 is 9.47 Å². The summed E-state index contributed by atoms with van der Waals surface area (Å²) >= 11 is 6.00. The summed E-state index contributed by atoms with van der Waals surface area (Å²) in [5, 5.41) is 0.731. The van der Waals surface area contributed by atoms with Crippen LogP contribution in [-0.4, -0.2) is 30.3 Å². The fourth-order valence-corrected chi connectivity index (χ4v) is 3.03. The molecule has 0 aliphatic heterocycles. The maximum atomic E-state index is 6.00. The summed E-state index contributed by atoms with van der Waals surface area (Å²) in [6.45, 7) is 1.35. The molecule has 1 aromatic heterocycles. The van der Waals surface area contributed by atoms with Gasteiger partial charge in [0.25, 0.3) is 0 Å². The summed E-state index contributed by atoms with van der Waals surface area (Å²) in [7, 11) is 3.27. The molecule has 0 spiro atoms. The minimum Gasteiger partial charge on any atom is -0.493 e. The van der Waals surface area contributed by atoms with Crippen LogP contribution in [0, 0.1) is 0 Å². The van der Waals surface area contributed by atoms with Gasteiger partial charge in [0.2, 0.25) is 0 Å². The van der Waals surface area contributed by atoms with Crippen molar-refractivity contribution in [1.82, 2.24) is 9.55 Å². The Morgan fingerprint density at radius 3 is 2.40 bits per heavy atom. The van der Waals surface area contributed by atoms with E-state index in [2.05, 4.69) is 4.57 Å². The Kier molecular flexibility index (Phi) is 5.46. The number of halogens is 1. The van der Waals surface area contributed by atoms with Crippen molar-refractivity contribution >= 4 is 22.6 Å². The SMILES string of the molecule is COc1cc2nc(CCCN)n(Cc3ccc(Cl)cc3)c2cc1OC. The summed E-state index contributed by atoms with van der Waals surface area (Å²) in [5.74, 6) is 2.37. The van der Waals surface area contributed by atoms with Crippen LogP contribution in [0.15, 0.2) is 36.4 Å². The van der Waals surface area contributed by atoms with E-state index in [4.69, 9.17) is 31.8 Å². The van der Waals surface area contributed by atoms with Gasteiger partial charge >= 0.3 is 0 Å². The van der Waals surface area contributed by atoms with E-state index in [0.717, 1.165) is 40.3 Å². The highest BCUT2D eigenvalue weighted by atomic mass is 35.5. The van der Waals surface area contributed by atoms with Gasteiger partial charge in [-0.05, 0) is 30.7 Å². The van der Waals surface area contributed by atoms with Crippen molar-refractivity contribution in [1.29, 1.82) is 0 Å². The van der Waals surface area contributed by atoms with Gasteiger partial charge in [0, 0.05) is 30.1 Å². The fourth-order valence-electron chi connectivity index (χ4n) is 2.90. The highest BCUT2D eigenvalue weighted by Crippen LogP contribution is 2.33. The number of nitrogens with two attached hydrogens (primary N) is 1. The predicted octanol–water partition coefficient (Wildman–Crippen LogP) is 3.65. The van der Waals surface area contributed by atoms with Gasteiger partial charge in [0.05, 0.1) is 25.3 Å². The Labute approximate surface area is 152 Å². The fraction of sp³-hybridized carbons (Fsp3) is 0.316. The van der Waals surface area contributed by atoms with Crippen LogP contribution in [0.3, 0.4) is 0 Å². The summed E-state index contributed by atoms with van der Waals surface area (Å²) in [4.78, 5) is 4.79. The predicted molar refractivity (Wildman–Crippen MR) is 101 cm³/mol. The Morgan fingerprint density at radius 1 is 1.08 bits per heavy atom. The van der Waals surface area contributed by atoms with E-state index in [9.17, 15) is 0 Å². The molecule has 0 fully saturated rings. The average molecular weight is 360 g/mol. The minimum atomic E-state index is 0.636. The highest BCUT2D eigenvalue weighted by Gasteiger charge is 2.15. The van der Waals surface area contributed by atoms with Gasteiger partial charge in [-0.3, -0.25) is 0 Å². The van der Waals surface area contributed by atoms with Crippen LogP contribution in [0.2, 0.25) is 5.02 Å². The zero-order valence-electron chi connectivity index (χ0n) is 14.5. The lowest BCUT2D eigenvalue weighted by Gasteiger charge is -2.11. The van der Waals surface area contributed by atoms with Crippen molar-refractivity contribution in [2.24, 2.45) is 5.73 Å². The monoisotopic (exact) mass is 359 g/mol. The molecular weight excluding hydrogens is 338 g/mol. The number of benzene rings is 2. The Balaban J connectivity index is 2.09. The van der Waals surface area contributed by atoms with Crippen LogP contribution >= 0.6 is 11.6 Å². The molecule has 0 saturated heterocycles. The van der Waals surface area contributed by atoms with Crippen molar-refractivity contribution in [2.45, 2.75) is 19.4 Å². The van der Waals surface area contributed by atoms with E-state index in [1.807, 2.05) is 36.4 Å². The number of ether oxygens (including phenoxy) is 2. The number of imidazole rings is 1. The number of rotatable bonds is 7. The molecule has 0 radical (unpaired) electrons. The molecule has 0 bridgehead atoms. The van der Waals surface area contributed by atoms with Crippen LogP contribution in [0.4, 0.5) is 0 Å². The summed E-state index contributed by atoms with van der Waals surface area (Å²) < 4.78 is 13.1. The van der Waals surface area contributed by atoms with Gasteiger partial charge in [-0.25, -0.2) is 4.98 Å². The first-order valence-electron chi connectivity index (χ1n) is 8.22. The lowest BCUT2D eigenvalue weighted by Crippen LogP contribution is -2.08. The summed E-state index contributed by atoms with van der Waals surface area (Å²) in [5.41, 5.74) is 8.75. The molecule has 5 nitrogen and oxygen atoms in total. The van der Waals surface area contributed by atoms with Gasteiger partial charge in [0.1, 0.15) is 5.82 Å². The first-order chi connectivity index (χ1) is 12.2. The molecule has 3 rings (SSSR count). The molecule has 3 aromatic rings. The van der Waals surface area contributed by atoms with Gasteiger partial charge < -0.3 is 19.8 Å². The maximum Gasteiger partial charge on any atom is 0.163 e. The molecule has 25 heavy (non-hydrogen) atoms. The molecule has 2 N–H and O–H groups in total. The first kappa shape index (κ1) is 17.6. The number of aromatic nitrogens is 2. The molecule has 0 amide bonds. The standard InChI is InChI=1S/C19H22ClN3O2/c1-24-17-10-15-16(11-18(17)25-2)23(19(22-15)4-3-9-21)12-13-5-7-14(20)8-6-13/h5-8,10-11H,3-4,9,12,21H2,1-2H3. The van der Waals surface area contributed by atoms with E-state index >= 15 is 0 Å². The highest BCUT2D eigenvalue weighted by molar-refractivity contribution is 6.30. The maximum absolute atomic E-state index is 6.00. The lowest BCUT2D eigenvalue weighted by molar-refractivity contribution is 0.355. The average Bonchev–Trinajstić information content (AvgIpc) is 2.97. The van der Waals surface area contributed by atoms with Gasteiger partial charge in [-0.15, -0.1) is 0 Å². The number of hydrogen-bond donors (Lipinski definition) is 1. The van der Waals surface area contributed by atoms with Crippen LogP contribution < -0.4 is 15.2 Å². The van der Waals surface area contributed by atoms with E-state index in [-0.39, 0.29) is 0 Å². The zero-order valence-corrected chi connectivity index (χ0v) is 15.2. The molecule has 0 saturated carbocycles. The smallest absolute Gasteiger partial charge is 0.163 e. The quantitative estimate of drug-likeness (QED) is 0.699. The third-order valence-corrected chi connectivity index (χ3v) is 4.44. The van der Waals surface area contributed by atoms with Crippen LogP contribution in [0.1, 0.15) is 17.8 Å². The number of aryl methyl sites for hydroxylation is 1. The van der Waals surface area contributed by atoms with Crippen molar-refractivity contribution in [3.63, 3.8) is 0 Å². The number of fused-ring (bicyclic) bond motifs is 1. The molecule has 6 heteroatoms. The molecule has 2 aromatic carbocycles. The molecule has 0 unspecified atom stereocenters. The lowest BCUT2D eigenvalue weighted by atomic mass is 10.2. The van der Waals surface area contributed by atoms with E-state index in [0.29, 0.717) is 24.6 Å².